The average molecular weight is 249 g/mol. The van der Waals surface area contributed by atoms with Gasteiger partial charge >= 0.3 is 0 Å². The van der Waals surface area contributed by atoms with Crippen LogP contribution >= 0.6 is 0 Å². The van der Waals surface area contributed by atoms with Crippen molar-refractivity contribution in [1.29, 1.82) is 0 Å². The van der Waals surface area contributed by atoms with Gasteiger partial charge in [0, 0.05) is 12.1 Å². The van der Waals surface area contributed by atoms with Crippen molar-refractivity contribution in [2.75, 3.05) is 13.2 Å². The molecule has 2 N–H and O–H groups in total. The molecule has 1 aromatic rings. The van der Waals surface area contributed by atoms with Crippen LogP contribution in [0.3, 0.4) is 0 Å². The lowest BCUT2D eigenvalue weighted by atomic mass is 10.1. The Labute approximate surface area is 109 Å². The molecule has 0 radical (unpaired) electrons. The molecular weight excluding hydrogens is 226 g/mol. The van der Waals surface area contributed by atoms with Crippen LogP contribution in [0.1, 0.15) is 26.3 Å². The highest BCUT2D eigenvalue weighted by Crippen LogP contribution is 2.13. The Hall–Kier alpha value is -1.32. The van der Waals surface area contributed by atoms with Gasteiger partial charge in [0.05, 0.1) is 6.61 Å². The highest BCUT2D eigenvalue weighted by Gasteiger charge is 2.08. The molecular formula is C15H23NO2. The number of aliphatic hydroxyl groups excluding tert-OH is 1. The van der Waals surface area contributed by atoms with Crippen LogP contribution in [0.2, 0.25) is 0 Å². The van der Waals surface area contributed by atoms with E-state index in [9.17, 15) is 0 Å². The van der Waals surface area contributed by atoms with Crippen LogP contribution in [0.15, 0.2) is 36.4 Å². The molecule has 0 aliphatic heterocycles. The molecule has 3 nitrogen and oxygen atoms in total. The first-order valence-corrected chi connectivity index (χ1v) is 6.15. The number of benzene rings is 1. The normalized spacial score (nSPS) is 11.3. The van der Waals surface area contributed by atoms with Crippen LogP contribution in [0, 0.1) is 0 Å². The Bertz CT molecular complexity index is 376. The summed E-state index contributed by atoms with van der Waals surface area (Å²) in [6.07, 6.45) is 0. The zero-order valence-corrected chi connectivity index (χ0v) is 11.5. The number of nitrogens with one attached hydrogen (secondary N) is 1. The smallest absolute Gasteiger partial charge is 0.119 e. The second-order valence-corrected chi connectivity index (χ2v) is 5.44. The molecule has 0 heterocycles. The summed E-state index contributed by atoms with van der Waals surface area (Å²) in [4.78, 5) is 0. The lowest BCUT2D eigenvalue weighted by Gasteiger charge is -2.21. The molecule has 0 fully saturated rings. The van der Waals surface area contributed by atoms with Gasteiger partial charge in [0.25, 0.3) is 0 Å². The zero-order chi connectivity index (χ0) is 13.6. The molecule has 3 heteroatoms. The van der Waals surface area contributed by atoms with Gasteiger partial charge in [0.2, 0.25) is 0 Å². The van der Waals surface area contributed by atoms with Gasteiger partial charge in [0.15, 0.2) is 0 Å². The lowest BCUT2D eigenvalue weighted by Crippen LogP contribution is -2.37. The molecule has 1 aromatic carbocycles. The van der Waals surface area contributed by atoms with Crippen LogP contribution in [-0.2, 0) is 6.61 Å². The van der Waals surface area contributed by atoms with Gasteiger partial charge in [0.1, 0.15) is 12.4 Å². The molecule has 0 spiro atoms. The van der Waals surface area contributed by atoms with Gasteiger partial charge < -0.3 is 15.2 Å². The fourth-order valence-electron chi connectivity index (χ4n) is 1.32. The van der Waals surface area contributed by atoms with Crippen LogP contribution in [0.4, 0.5) is 0 Å². The van der Waals surface area contributed by atoms with E-state index in [1.54, 1.807) is 0 Å². The van der Waals surface area contributed by atoms with Crippen molar-refractivity contribution in [3.63, 3.8) is 0 Å². The molecule has 1 rings (SSSR count). The molecule has 0 saturated heterocycles. The summed E-state index contributed by atoms with van der Waals surface area (Å²) in [6.45, 7) is 11.6. The highest BCUT2D eigenvalue weighted by molar-refractivity contribution is 5.27. The maximum Gasteiger partial charge on any atom is 0.119 e. The Morgan fingerprint density at radius 1 is 1.28 bits per heavy atom. The van der Waals surface area contributed by atoms with Crippen LogP contribution in [0.25, 0.3) is 0 Å². The van der Waals surface area contributed by atoms with Gasteiger partial charge in [-0.05, 0) is 44.0 Å². The minimum absolute atomic E-state index is 0.0580. The molecule has 0 bridgehead atoms. The van der Waals surface area contributed by atoms with Crippen LogP contribution < -0.4 is 10.1 Å². The standard InChI is InChI=1S/C15H23NO2/c1-12(9-16-15(2,3)4)11-18-14-7-5-13(10-17)6-8-14/h5-8,16-17H,1,9-11H2,2-4H3. The third-order valence-electron chi connectivity index (χ3n) is 2.42. The zero-order valence-electron chi connectivity index (χ0n) is 11.5. The predicted molar refractivity (Wildman–Crippen MR) is 74.8 cm³/mol. The second kappa shape index (κ2) is 6.57. The monoisotopic (exact) mass is 249 g/mol. The maximum atomic E-state index is 8.93. The highest BCUT2D eigenvalue weighted by atomic mass is 16.5. The molecule has 100 valence electrons. The van der Waals surface area contributed by atoms with Crippen molar-refractivity contribution in [2.45, 2.75) is 32.9 Å². The van der Waals surface area contributed by atoms with Gasteiger partial charge in [-0.2, -0.15) is 0 Å². The number of hydrogen-bond donors (Lipinski definition) is 2. The summed E-state index contributed by atoms with van der Waals surface area (Å²) in [5, 5.41) is 12.3. The van der Waals surface area contributed by atoms with Crippen molar-refractivity contribution in [1.82, 2.24) is 5.32 Å². The van der Waals surface area contributed by atoms with E-state index >= 15 is 0 Å². The first-order chi connectivity index (χ1) is 8.40. The number of hydrogen-bond acceptors (Lipinski definition) is 3. The summed E-state index contributed by atoms with van der Waals surface area (Å²) in [5.41, 5.74) is 1.98. The first-order valence-electron chi connectivity index (χ1n) is 6.15. The second-order valence-electron chi connectivity index (χ2n) is 5.44. The summed E-state index contributed by atoms with van der Waals surface area (Å²) in [5.74, 6) is 0.795. The fourth-order valence-corrected chi connectivity index (χ4v) is 1.32. The summed E-state index contributed by atoms with van der Waals surface area (Å²) in [6, 6.07) is 7.42. The van der Waals surface area contributed by atoms with E-state index in [1.165, 1.54) is 0 Å². The van der Waals surface area contributed by atoms with Crippen LogP contribution in [-0.4, -0.2) is 23.8 Å². The van der Waals surface area contributed by atoms with E-state index < -0.39 is 0 Å². The Kier molecular flexibility index (Phi) is 5.38. The summed E-state index contributed by atoms with van der Waals surface area (Å²) >= 11 is 0. The van der Waals surface area contributed by atoms with Crippen LogP contribution in [0.5, 0.6) is 5.75 Å². The van der Waals surface area contributed by atoms with Gasteiger partial charge in [-0.1, -0.05) is 18.7 Å². The largest absolute Gasteiger partial charge is 0.489 e. The van der Waals surface area contributed by atoms with E-state index in [0.29, 0.717) is 6.61 Å². The molecule has 18 heavy (non-hydrogen) atoms. The van der Waals surface area contributed by atoms with Gasteiger partial charge in [-0.3, -0.25) is 0 Å². The molecule has 0 amide bonds. The lowest BCUT2D eigenvalue weighted by molar-refractivity contribution is 0.281. The Morgan fingerprint density at radius 2 is 1.89 bits per heavy atom. The SMILES string of the molecule is C=C(CNC(C)(C)C)COc1ccc(CO)cc1. The maximum absolute atomic E-state index is 8.93. The quantitative estimate of drug-likeness (QED) is 0.761. The topological polar surface area (TPSA) is 41.5 Å². The van der Waals surface area contributed by atoms with E-state index in [0.717, 1.165) is 23.4 Å². The molecule has 0 aliphatic carbocycles. The number of rotatable bonds is 6. The number of aliphatic hydroxyl groups is 1. The molecule has 0 aliphatic rings. The molecule has 0 unspecified atom stereocenters. The fraction of sp³-hybridized carbons (Fsp3) is 0.467. The van der Waals surface area contributed by atoms with Gasteiger partial charge in [-0.15, -0.1) is 0 Å². The Morgan fingerprint density at radius 3 is 2.39 bits per heavy atom. The molecule has 0 aromatic heterocycles. The van der Waals surface area contributed by atoms with E-state index in [1.807, 2.05) is 24.3 Å². The van der Waals surface area contributed by atoms with Gasteiger partial charge in [-0.25, -0.2) is 0 Å². The van der Waals surface area contributed by atoms with E-state index in [-0.39, 0.29) is 12.1 Å². The van der Waals surface area contributed by atoms with Crippen molar-refractivity contribution >= 4 is 0 Å². The molecule has 0 saturated carbocycles. The first kappa shape index (κ1) is 14.7. The van der Waals surface area contributed by atoms with E-state index in [2.05, 4.69) is 32.7 Å². The molecule has 0 atom stereocenters. The third kappa shape index (κ3) is 5.84. The summed E-state index contributed by atoms with van der Waals surface area (Å²) < 4.78 is 5.61. The van der Waals surface area contributed by atoms with E-state index in [4.69, 9.17) is 9.84 Å². The third-order valence-corrected chi connectivity index (χ3v) is 2.42. The Balaban J connectivity index is 2.33. The minimum Gasteiger partial charge on any atom is -0.489 e. The average Bonchev–Trinajstić information content (AvgIpc) is 2.33. The minimum atomic E-state index is 0.0580. The van der Waals surface area contributed by atoms with Crippen molar-refractivity contribution in [2.24, 2.45) is 0 Å². The van der Waals surface area contributed by atoms with Crippen molar-refractivity contribution in [3.05, 3.63) is 42.0 Å². The predicted octanol–water partition coefficient (Wildman–Crippen LogP) is 2.50. The summed E-state index contributed by atoms with van der Waals surface area (Å²) in [7, 11) is 0. The van der Waals surface area contributed by atoms with Crippen molar-refractivity contribution < 1.29 is 9.84 Å². The number of ether oxygens (including phenoxy) is 1. The van der Waals surface area contributed by atoms with Crippen molar-refractivity contribution in [3.8, 4) is 5.75 Å².